The number of nitrogens with two attached hydrogens (primary N) is 1. The number of hydrogen-bond donors (Lipinski definition) is 1. The van der Waals surface area contributed by atoms with Crippen LogP contribution in [-0.4, -0.2) is 11.6 Å². The van der Waals surface area contributed by atoms with Gasteiger partial charge in [0.1, 0.15) is 11.1 Å². The molecule has 0 saturated carbocycles. The van der Waals surface area contributed by atoms with Gasteiger partial charge in [0, 0.05) is 23.6 Å². The van der Waals surface area contributed by atoms with E-state index in [-0.39, 0.29) is 6.10 Å². The Kier molecular flexibility index (Phi) is 5.29. The van der Waals surface area contributed by atoms with Crippen molar-refractivity contribution in [3.8, 4) is 11.3 Å². The van der Waals surface area contributed by atoms with Crippen LogP contribution in [0.2, 0.25) is 0 Å². The number of hydrogen-bond acceptors (Lipinski definition) is 4. The van der Waals surface area contributed by atoms with E-state index in [1.54, 1.807) is 11.3 Å². The smallest absolute Gasteiger partial charge is 0.123 e. The third-order valence-electron chi connectivity index (χ3n) is 3.14. The van der Waals surface area contributed by atoms with Crippen LogP contribution in [0.3, 0.4) is 0 Å². The predicted octanol–water partition coefficient (Wildman–Crippen LogP) is 4.00. The van der Waals surface area contributed by atoms with Gasteiger partial charge < -0.3 is 10.5 Å². The van der Waals surface area contributed by atoms with Crippen LogP contribution in [0.15, 0.2) is 30.3 Å². The van der Waals surface area contributed by atoms with Gasteiger partial charge in [-0.25, -0.2) is 4.98 Å². The molecule has 0 amide bonds. The lowest BCUT2D eigenvalue weighted by Crippen LogP contribution is -2.10. The molecular weight excluding hydrogens is 268 g/mol. The van der Waals surface area contributed by atoms with Crippen molar-refractivity contribution >= 4 is 11.3 Å². The van der Waals surface area contributed by atoms with Gasteiger partial charge >= 0.3 is 0 Å². The van der Waals surface area contributed by atoms with Crippen molar-refractivity contribution in [2.75, 3.05) is 6.61 Å². The van der Waals surface area contributed by atoms with Gasteiger partial charge in [0.05, 0.1) is 5.69 Å². The second-order valence-corrected chi connectivity index (χ2v) is 6.13. The lowest BCUT2D eigenvalue weighted by atomic mass is 10.1. The third kappa shape index (κ3) is 3.26. The summed E-state index contributed by atoms with van der Waals surface area (Å²) >= 11 is 1.67. The first-order valence-corrected chi connectivity index (χ1v) is 7.85. The molecule has 1 atom stereocenters. The zero-order chi connectivity index (χ0) is 14.5. The van der Waals surface area contributed by atoms with E-state index in [0.717, 1.165) is 21.1 Å². The monoisotopic (exact) mass is 290 g/mol. The van der Waals surface area contributed by atoms with Crippen LogP contribution in [0.1, 0.15) is 36.8 Å². The van der Waals surface area contributed by atoms with Gasteiger partial charge in [0.2, 0.25) is 0 Å². The number of aromatic nitrogens is 1. The largest absolute Gasteiger partial charge is 0.371 e. The lowest BCUT2D eigenvalue weighted by molar-refractivity contribution is 0.0293. The van der Waals surface area contributed by atoms with Crippen molar-refractivity contribution in [1.29, 1.82) is 0 Å². The molecule has 20 heavy (non-hydrogen) atoms. The molecule has 2 rings (SSSR count). The summed E-state index contributed by atoms with van der Waals surface area (Å²) in [5, 5.41) is 1.03. The van der Waals surface area contributed by atoms with Crippen LogP contribution in [0, 0.1) is 5.92 Å². The maximum Gasteiger partial charge on any atom is 0.123 e. The molecule has 4 heteroatoms. The highest BCUT2D eigenvalue weighted by atomic mass is 32.1. The lowest BCUT2D eigenvalue weighted by Gasteiger charge is -2.18. The van der Waals surface area contributed by atoms with E-state index in [9.17, 15) is 0 Å². The summed E-state index contributed by atoms with van der Waals surface area (Å²) in [5.41, 5.74) is 8.00. The van der Waals surface area contributed by atoms with Crippen molar-refractivity contribution < 1.29 is 4.74 Å². The standard InChI is InChI=1S/C16H22N2OS/c1-4-19-15(11(2)3)16-18-14(13(10-17)20-16)12-8-6-5-7-9-12/h5-9,11,15H,4,10,17H2,1-3H3. The molecule has 2 aromatic rings. The highest BCUT2D eigenvalue weighted by Gasteiger charge is 2.22. The highest BCUT2D eigenvalue weighted by molar-refractivity contribution is 7.12. The maximum atomic E-state index is 5.88. The van der Waals surface area contributed by atoms with Crippen LogP contribution in [0.5, 0.6) is 0 Å². The molecule has 0 fully saturated rings. The third-order valence-corrected chi connectivity index (χ3v) is 4.28. The zero-order valence-electron chi connectivity index (χ0n) is 12.3. The first kappa shape index (κ1) is 15.2. The number of nitrogens with zero attached hydrogens (tertiary/aromatic N) is 1. The summed E-state index contributed by atoms with van der Waals surface area (Å²) in [6.45, 7) is 7.54. The van der Waals surface area contributed by atoms with E-state index in [4.69, 9.17) is 15.5 Å². The molecule has 3 nitrogen and oxygen atoms in total. The molecule has 0 spiro atoms. The number of ether oxygens (including phenoxy) is 1. The van der Waals surface area contributed by atoms with Crippen LogP contribution in [-0.2, 0) is 11.3 Å². The van der Waals surface area contributed by atoms with E-state index >= 15 is 0 Å². The average molecular weight is 290 g/mol. The summed E-state index contributed by atoms with van der Waals surface area (Å²) in [6.07, 6.45) is 0.0489. The van der Waals surface area contributed by atoms with Crippen molar-refractivity contribution in [3.63, 3.8) is 0 Å². The van der Waals surface area contributed by atoms with Crippen LogP contribution < -0.4 is 5.73 Å². The fraction of sp³-hybridized carbons (Fsp3) is 0.438. The Labute approximate surface area is 124 Å². The topological polar surface area (TPSA) is 48.1 Å². The van der Waals surface area contributed by atoms with Gasteiger partial charge in [-0.05, 0) is 12.8 Å². The van der Waals surface area contributed by atoms with Gasteiger partial charge in [-0.15, -0.1) is 11.3 Å². The van der Waals surface area contributed by atoms with E-state index in [2.05, 4.69) is 26.0 Å². The minimum Gasteiger partial charge on any atom is -0.371 e. The van der Waals surface area contributed by atoms with Gasteiger partial charge in [-0.2, -0.15) is 0 Å². The minimum absolute atomic E-state index is 0.0489. The summed E-state index contributed by atoms with van der Waals surface area (Å²) in [7, 11) is 0. The molecule has 0 saturated heterocycles. The van der Waals surface area contributed by atoms with Crippen LogP contribution >= 0.6 is 11.3 Å². The normalized spacial score (nSPS) is 12.8. The predicted molar refractivity (Wildman–Crippen MR) is 84.6 cm³/mol. The number of thiazole rings is 1. The van der Waals surface area contributed by atoms with E-state index in [1.165, 1.54) is 0 Å². The molecule has 0 aliphatic carbocycles. The van der Waals surface area contributed by atoms with Crippen molar-refractivity contribution in [2.24, 2.45) is 11.7 Å². The zero-order valence-corrected chi connectivity index (χ0v) is 13.1. The van der Waals surface area contributed by atoms with Crippen LogP contribution in [0.4, 0.5) is 0 Å². The first-order chi connectivity index (χ1) is 9.67. The van der Waals surface area contributed by atoms with Crippen molar-refractivity contribution in [1.82, 2.24) is 4.98 Å². The number of rotatable bonds is 6. The molecule has 0 radical (unpaired) electrons. The van der Waals surface area contributed by atoms with Crippen molar-refractivity contribution in [2.45, 2.75) is 33.4 Å². The Morgan fingerprint density at radius 2 is 1.95 bits per heavy atom. The second kappa shape index (κ2) is 6.97. The molecule has 0 bridgehead atoms. The summed E-state index contributed by atoms with van der Waals surface area (Å²) in [5.74, 6) is 0.398. The Morgan fingerprint density at radius 1 is 1.25 bits per heavy atom. The fourth-order valence-corrected chi connectivity index (χ4v) is 3.37. The second-order valence-electron chi connectivity index (χ2n) is 5.01. The molecule has 2 N–H and O–H groups in total. The van der Waals surface area contributed by atoms with Gasteiger partial charge in [0.25, 0.3) is 0 Å². The minimum atomic E-state index is 0.0489. The molecule has 0 aliphatic rings. The van der Waals surface area contributed by atoms with E-state index in [1.807, 2.05) is 25.1 Å². The molecule has 1 heterocycles. The molecular formula is C16H22N2OS. The molecule has 1 aromatic heterocycles. The summed E-state index contributed by atoms with van der Waals surface area (Å²) in [4.78, 5) is 5.93. The number of benzene rings is 1. The maximum absolute atomic E-state index is 5.88. The quantitative estimate of drug-likeness (QED) is 0.874. The van der Waals surface area contributed by atoms with Gasteiger partial charge in [-0.3, -0.25) is 0 Å². The van der Waals surface area contributed by atoms with E-state index < -0.39 is 0 Å². The highest BCUT2D eigenvalue weighted by Crippen LogP contribution is 2.35. The Bertz CT molecular complexity index is 537. The summed E-state index contributed by atoms with van der Waals surface area (Å²) < 4.78 is 5.85. The first-order valence-electron chi connectivity index (χ1n) is 7.04. The average Bonchev–Trinajstić information content (AvgIpc) is 2.89. The molecule has 108 valence electrons. The Balaban J connectivity index is 2.40. The fourth-order valence-electron chi connectivity index (χ4n) is 2.18. The van der Waals surface area contributed by atoms with Crippen molar-refractivity contribution in [3.05, 3.63) is 40.2 Å². The summed E-state index contributed by atoms with van der Waals surface area (Å²) in [6, 6.07) is 10.2. The Hall–Kier alpha value is -1.23. The van der Waals surface area contributed by atoms with Crippen LogP contribution in [0.25, 0.3) is 11.3 Å². The molecule has 1 aromatic carbocycles. The van der Waals surface area contributed by atoms with E-state index in [0.29, 0.717) is 19.1 Å². The molecule has 0 aliphatic heterocycles. The SMILES string of the molecule is CCOC(c1nc(-c2ccccc2)c(CN)s1)C(C)C. The van der Waals surface area contributed by atoms with Gasteiger partial charge in [-0.1, -0.05) is 44.2 Å². The Morgan fingerprint density at radius 3 is 2.50 bits per heavy atom. The van der Waals surface area contributed by atoms with Gasteiger partial charge in [0.15, 0.2) is 0 Å². The molecule has 1 unspecified atom stereocenters.